The van der Waals surface area contributed by atoms with Crippen molar-refractivity contribution in [2.24, 2.45) is 0 Å². The predicted molar refractivity (Wildman–Crippen MR) is 114 cm³/mol. The number of hydrogen-bond acceptors (Lipinski definition) is 6. The van der Waals surface area contributed by atoms with Gasteiger partial charge in [-0.25, -0.2) is 19.1 Å². The molecule has 0 saturated carbocycles. The fourth-order valence-corrected chi connectivity index (χ4v) is 3.46. The van der Waals surface area contributed by atoms with E-state index in [1.54, 1.807) is 50.2 Å². The van der Waals surface area contributed by atoms with Crippen molar-refractivity contribution in [2.75, 3.05) is 6.61 Å². The van der Waals surface area contributed by atoms with Gasteiger partial charge in [-0.3, -0.25) is 9.36 Å². The van der Waals surface area contributed by atoms with Crippen LogP contribution in [0.15, 0.2) is 63.0 Å². The Hall–Kier alpha value is -3.59. The molecule has 0 saturated heterocycles. The largest absolute Gasteiger partial charge is 0.467 e. The summed E-state index contributed by atoms with van der Waals surface area (Å²) in [5, 5.41) is 0.499. The molecule has 0 fully saturated rings. The second kappa shape index (κ2) is 8.27. The number of aromatic nitrogens is 4. The Kier molecular flexibility index (Phi) is 5.51. The van der Waals surface area contributed by atoms with Gasteiger partial charge in [0.15, 0.2) is 11.2 Å². The second-order valence-corrected chi connectivity index (χ2v) is 7.25. The topological polar surface area (TPSA) is 101 Å². The van der Waals surface area contributed by atoms with E-state index in [4.69, 9.17) is 20.8 Å². The molecular formula is C21H19ClN4O5. The number of ether oxygens (including phenoxy) is 1. The van der Waals surface area contributed by atoms with Crippen LogP contribution in [-0.4, -0.2) is 31.3 Å². The molecule has 0 aliphatic rings. The van der Waals surface area contributed by atoms with E-state index >= 15 is 0 Å². The molecule has 0 amide bonds. The van der Waals surface area contributed by atoms with E-state index < -0.39 is 23.3 Å². The number of fused-ring (bicyclic) bond motifs is 1. The van der Waals surface area contributed by atoms with Crippen molar-refractivity contribution in [1.82, 2.24) is 18.7 Å². The standard InChI is InChI=1S/C21H19ClN4O5/c1-3-30-20(28)13(2)25-12-23-18-17(25)19(27)24(11-16-5-4-10-31-16)21(29)26(18)15-8-6-14(22)7-9-15/h4-10,12-13H,3,11H2,1-2H3. The number of carbonyl (C=O) groups excluding carboxylic acids is 1. The highest BCUT2D eigenvalue weighted by atomic mass is 35.5. The summed E-state index contributed by atoms with van der Waals surface area (Å²) in [7, 11) is 0. The molecule has 4 rings (SSSR count). The molecule has 9 nitrogen and oxygen atoms in total. The third-order valence-electron chi connectivity index (χ3n) is 4.88. The number of furan rings is 1. The van der Waals surface area contributed by atoms with Crippen molar-refractivity contribution < 1.29 is 13.9 Å². The Balaban J connectivity index is 2.01. The first-order valence-electron chi connectivity index (χ1n) is 9.59. The van der Waals surface area contributed by atoms with Crippen LogP contribution < -0.4 is 11.2 Å². The van der Waals surface area contributed by atoms with Gasteiger partial charge < -0.3 is 13.7 Å². The van der Waals surface area contributed by atoms with E-state index in [-0.39, 0.29) is 24.3 Å². The molecule has 0 N–H and O–H groups in total. The number of nitrogens with zero attached hydrogens (tertiary/aromatic N) is 4. The van der Waals surface area contributed by atoms with Gasteiger partial charge in [0.25, 0.3) is 5.56 Å². The maximum atomic E-state index is 13.4. The van der Waals surface area contributed by atoms with Crippen molar-refractivity contribution in [3.63, 3.8) is 0 Å². The third kappa shape index (κ3) is 3.68. The molecule has 3 aromatic heterocycles. The summed E-state index contributed by atoms with van der Waals surface area (Å²) in [5.41, 5.74) is -0.479. The summed E-state index contributed by atoms with van der Waals surface area (Å²) < 4.78 is 14.2. The van der Waals surface area contributed by atoms with Gasteiger partial charge in [-0.1, -0.05) is 11.6 Å². The average molecular weight is 443 g/mol. The Morgan fingerprint density at radius 1 is 1.23 bits per heavy atom. The number of carbonyl (C=O) groups is 1. The minimum absolute atomic E-state index is 0.0762. The Labute approximate surface area is 181 Å². The normalized spacial score (nSPS) is 12.2. The Morgan fingerprint density at radius 3 is 2.61 bits per heavy atom. The predicted octanol–water partition coefficient (Wildman–Crippen LogP) is 2.77. The molecule has 0 spiro atoms. The van der Waals surface area contributed by atoms with E-state index in [1.807, 2.05) is 0 Å². The molecule has 0 aliphatic carbocycles. The lowest BCUT2D eigenvalue weighted by atomic mass is 10.3. The maximum Gasteiger partial charge on any atom is 0.337 e. The van der Waals surface area contributed by atoms with E-state index in [2.05, 4.69) is 4.98 Å². The number of rotatable bonds is 6. The summed E-state index contributed by atoms with van der Waals surface area (Å²) in [6.07, 6.45) is 2.82. The van der Waals surface area contributed by atoms with Crippen LogP contribution in [0.5, 0.6) is 0 Å². The van der Waals surface area contributed by atoms with Crippen LogP contribution in [0, 0.1) is 0 Å². The summed E-state index contributed by atoms with van der Waals surface area (Å²) in [5.74, 6) is -0.0752. The molecule has 0 aliphatic heterocycles. The Morgan fingerprint density at radius 2 is 1.97 bits per heavy atom. The van der Waals surface area contributed by atoms with E-state index in [0.717, 1.165) is 4.57 Å². The van der Waals surface area contributed by atoms with E-state index in [1.165, 1.54) is 21.7 Å². The van der Waals surface area contributed by atoms with Crippen molar-refractivity contribution in [1.29, 1.82) is 0 Å². The van der Waals surface area contributed by atoms with Crippen LogP contribution in [0.25, 0.3) is 16.9 Å². The average Bonchev–Trinajstić information content (AvgIpc) is 3.42. The lowest BCUT2D eigenvalue weighted by molar-refractivity contribution is -0.146. The minimum atomic E-state index is -0.814. The van der Waals surface area contributed by atoms with Crippen LogP contribution in [0.3, 0.4) is 0 Å². The molecule has 3 heterocycles. The zero-order valence-corrected chi connectivity index (χ0v) is 17.6. The van der Waals surface area contributed by atoms with E-state index in [0.29, 0.717) is 16.5 Å². The first-order valence-corrected chi connectivity index (χ1v) is 9.97. The van der Waals surface area contributed by atoms with Crippen molar-refractivity contribution >= 4 is 28.7 Å². The first kappa shape index (κ1) is 20.7. The molecular weight excluding hydrogens is 424 g/mol. The van der Waals surface area contributed by atoms with Crippen LogP contribution in [0.1, 0.15) is 25.6 Å². The minimum Gasteiger partial charge on any atom is -0.467 e. The van der Waals surface area contributed by atoms with Crippen LogP contribution in [-0.2, 0) is 16.1 Å². The number of halogens is 1. The Bertz CT molecular complexity index is 1350. The third-order valence-corrected chi connectivity index (χ3v) is 5.13. The van der Waals surface area contributed by atoms with Gasteiger partial charge in [0.2, 0.25) is 0 Å². The summed E-state index contributed by atoms with van der Waals surface area (Å²) in [4.78, 5) is 43.3. The zero-order chi connectivity index (χ0) is 22.1. The molecule has 0 bridgehead atoms. The van der Waals surface area contributed by atoms with Gasteiger partial charge in [-0.05, 0) is 50.2 Å². The van der Waals surface area contributed by atoms with Crippen LogP contribution in [0.4, 0.5) is 0 Å². The van der Waals surface area contributed by atoms with Gasteiger partial charge in [0.1, 0.15) is 11.8 Å². The fraction of sp³-hybridized carbons (Fsp3) is 0.238. The van der Waals surface area contributed by atoms with Crippen LogP contribution in [0.2, 0.25) is 5.02 Å². The molecule has 0 radical (unpaired) electrons. The van der Waals surface area contributed by atoms with Crippen molar-refractivity contribution in [2.45, 2.75) is 26.4 Å². The monoisotopic (exact) mass is 442 g/mol. The second-order valence-electron chi connectivity index (χ2n) is 6.82. The lowest BCUT2D eigenvalue weighted by Crippen LogP contribution is -2.40. The number of benzene rings is 1. The quantitative estimate of drug-likeness (QED) is 0.425. The van der Waals surface area contributed by atoms with Crippen molar-refractivity contribution in [3.8, 4) is 5.69 Å². The number of esters is 1. The fourth-order valence-electron chi connectivity index (χ4n) is 3.34. The van der Waals surface area contributed by atoms with Gasteiger partial charge >= 0.3 is 11.7 Å². The molecule has 31 heavy (non-hydrogen) atoms. The van der Waals surface area contributed by atoms with Gasteiger partial charge in [-0.15, -0.1) is 0 Å². The SMILES string of the molecule is CCOC(=O)C(C)n1cnc2c1c(=O)n(Cc1ccco1)c(=O)n2-c1ccc(Cl)cc1. The molecule has 1 atom stereocenters. The molecule has 160 valence electrons. The molecule has 1 aromatic carbocycles. The van der Waals surface area contributed by atoms with E-state index in [9.17, 15) is 14.4 Å². The summed E-state index contributed by atoms with van der Waals surface area (Å²) >= 11 is 5.99. The molecule has 10 heteroatoms. The highest BCUT2D eigenvalue weighted by molar-refractivity contribution is 6.30. The zero-order valence-electron chi connectivity index (χ0n) is 16.8. The number of imidazole rings is 1. The molecule has 1 unspecified atom stereocenters. The lowest BCUT2D eigenvalue weighted by Gasteiger charge is -2.15. The smallest absolute Gasteiger partial charge is 0.337 e. The van der Waals surface area contributed by atoms with Crippen molar-refractivity contribution in [3.05, 3.63) is 80.6 Å². The number of hydrogen-bond donors (Lipinski definition) is 0. The maximum absolute atomic E-state index is 13.4. The first-order chi connectivity index (χ1) is 14.9. The summed E-state index contributed by atoms with van der Waals surface area (Å²) in [6, 6.07) is 9.10. The molecule has 4 aromatic rings. The van der Waals surface area contributed by atoms with Gasteiger partial charge in [-0.2, -0.15) is 0 Å². The highest BCUT2D eigenvalue weighted by Crippen LogP contribution is 2.19. The van der Waals surface area contributed by atoms with Crippen LogP contribution >= 0.6 is 11.6 Å². The summed E-state index contributed by atoms with van der Waals surface area (Å²) in [6.45, 7) is 3.43. The van der Waals surface area contributed by atoms with Gasteiger partial charge in [0, 0.05) is 5.02 Å². The highest BCUT2D eigenvalue weighted by Gasteiger charge is 2.25. The van der Waals surface area contributed by atoms with Gasteiger partial charge in [0.05, 0.1) is 31.4 Å².